The van der Waals surface area contributed by atoms with E-state index in [2.05, 4.69) is 41.3 Å². The lowest BCUT2D eigenvalue weighted by Gasteiger charge is -2.49. The van der Waals surface area contributed by atoms with Crippen LogP contribution in [-0.4, -0.2) is 103 Å². The van der Waals surface area contributed by atoms with Gasteiger partial charge in [0.1, 0.15) is 29.9 Å². The van der Waals surface area contributed by atoms with Gasteiger partial charge >= 0.3 is 11.9 Å². The van der Waals surface area contributed by atoms with Gasteiger partial charge in [-0.3, -0.25) is 19.8 Å². The van der Waals surface area contributed by atoms with Crippen LogP contribution in [0, 0.1) is 0 Å². The average Bonchev–Trinajstić information content (AvgIpc) is 3.21. The van der Waals surface area contributed by atoms with Gasteiger partial charge < -0.3 is 14.7 Å². The molecular formula is C19H23BrN6O7S2. The third-order valence-corrected chi connectivity index (χ3v) is 7.90. The van der Waals surface area contributed by atoms with Crippen LogP contribution in [0.3, 0.4) is 0 Å². The second kappa shape index (κ2) is 12.0. The first kappa shape index (κ1) is 27.2. The van der Waals surface area contributed by atoms with E-state index >= 15 is 0 Å². The fourth-order valence-corrected chi connectivity index (χ4v) is 6.10. The van der Waals surface area contributed by atoms with Gasteiger partial charge in [0.25, 0.3) is 5.82 Å². The molecular weight excluding hydrogens is 568 g/mol. The number of aromatic nitrogens is 3. The Bertz CT molecular complexity index is 1090. The zero-order valence-corrected chi connectivity index (χ0v) is 22.2. The molecule has 190 valence electrons. The Morgan fingerprint density at radius 1 is 1.40 bits per heavy atom. The molecule has 0 aliphatic carbocycles. The van der Waals surface area contributed by atoms with Gasteiger partial charge in [-0.1, -0.05) is 32.8 Å². The second-order valence-electron chi connectivity index (χ2n) is 7.15. The summed E-state index contributed by atoms with van der Waals surface area (Å²) in [4.78, 5) is 58.8. The topological polar surface area (TPSA) is 165 Å². The number of Topliss-reactive ketones (excluding diaryl/α,β-unsaturated/α-hetero) is 1. The summed E-state index contributed by atoms with van der Waals surface area (Å²) in [6, 6.07) is -0.667. The Hall–Kier alpha value is -2.43. The van der Waals surface area contributed by atoms with Gasteiger partial charge in [-0.05, 0) is 12.5 Å². The quantitative estimate of drug-likeness (QED) is 0.0852. The molecule has 1 amide bonds. The maximum atomic E-state index is 12.8. The van der Waals surface area contributed by atoms with E-state index in [1.54, 1.807) is 14.0 Å². The monoisotopic (exact) mass is 590 g/mol. The Balaban J connectivity index is 1.70. The zero-order valence-electron chi connectivity index (χ0n) is 19.0. The predicted octanol–water partition coefficient (Wildman–Crippen LogP) is 0.262. The minimum Gasteiger partial charge on any atom is -0.477 e. The molecule has 1 aromatic heterocycles. The summed E-state index contributed by atoms with van der Waals surface area (Å²) in [5.74, 6) is -2.01. The first-order valence-corrected chi connectivity index (χ1v) is 13.4. The van der Waals surface area contributed by atoms with Gasteiger partial charge in [-0.15, -0.1) is 16.9 Å². The van der Waals surface area contributed by atoms with Crippen molar-refractivity contribution < 1.29 is 33.9 Å². The minimum atomic E-state index is -1.21. The van der Waals surface area contributed by atoms with Gasteiger partial charge in [-0.2, -0.15) is 4.98 Å². The number of carbonyl (C=O) groups excluding carboxylic acids is 3. The normalized spacial score (nSPS) is 19.8. The molecule has 0 bridgehead atoms. The molecule has 16 heteroatoms. The fraction of sp³-hybridized carbons (Fsp3) is 0.526. The SMILES string of the molecule is CCOC(=O)c1nc(SCC2=C(C(=O)O)N3C(=O)[C@@H](NC/C(=N/OC)C(=O)CBr)[C@H]3SC2)n(C)n1. The van der Waals surface area contributed by atoms with E-state index in [4.69, 9.17) is 4.74 Å². The van der Waals surface area contributed by atoms with Crippen LogP contribution in [0.2, 0.25) is 0 Å². The van der Waals surface area contributed by atoms with Crippen molar-refractivity contribution in [2.45, 2.75) is 23.5 Å². The molecule has 0 saturated carbocycles. The third-order valence-electron chi connectivity index (χ3n) is 4.94. The molecule has 0 radical (unpaired) electrons. The number of hydrogen-bond donors (Lipinski definition) is 2. The molecule has 2 aliphatic rings. The number of alkyl halides is 1. The lowest BCUT2D eigenvalue weighted by Crippen LogP contribution is -2.70. The van der Waals surface area contributed by atoms with E-state index in [9.17, 15) is 24.3 Å². The van der Waals surface area contributed by atoms with Crippen LogP contribution < -0.4 is 5.32 Å². The van der Waals surface area contributed by atoms with Crippen molar-refractivity contribution in [3.8, 4) is 0 Å². The molecule has 0 spiro atoms. The number of ether oxygens (including phenoxy) is 1. The number of esters is 1. The molecule has 2 aliphatic heterocycles. The number of carboxylic acid groups (broad SMARTS) is 1. The predicted molar refractivity (Wildman–Crippen MR) is 130 cm³/mol. The lowest BCUT2D eigenvalue weighted by molar-refractivity contribution is -0.149. The fourth-order valence-electron chi connectivity index (χ4n) is 3.35. The van der Waals surface area contributed by atoms with Crippen molar-refractivity contribution in [2.75, 3.05) is 37.1 Å². The number of amides is 1. The van der Waals surface area contributed by atoms with E-state index in [1.165, 1.54) is 40.2 Å². The highest BCUT2D eigenvalue weighted by Gasteiger charge is 2.53. The van der Waals surface area contributed by atoms with E-state index in [0.717, 1.165) is 0 Å². The van der Waals surface area contributed by atoms with Crippen LogP contribution in [-0.2, 0) is 31.0 Å². The maximum absolute atomic E-state index is 12.8. The van der Waals surface area contributed by atoms with Crippen molar-refractivity contribution >= 4 is 68.8 Å². The van der Waals surface area contributed by atoms with E-state index < -0.39 is 29.3 Å². The van der Waals surface area contributed by atoms with Crippen molar-refractivity contribution in [1.29, 1.82) is 0 Å². The smallest absolute Gasteiger partial charge is 0.378 e. The minimum absolute atomic E-state index is 0.00334. The molecule has 2 N–H and O–H groups in total. The summed E-state index contributed by atoms with van der Waals surface area (Å²) in [6.07, 6.45) is 0. The average molecular weight is 591 g/mol. The maximum Gasteiger partial charge on any atom is 0.378 e. The number of rotatable bonds is 12. The van der Waals surface area contributed by atoms with E-state index in [-0.39, 0.29) is 47.3 Å². The highest BCUT2D eigenvalue weighted by molar-refractivity contribution is 9.09. The van der Waals surface area contributed by atoms with Crippen molar-refractivity contribution in [1.82, 2.24) is 25.0 Å². The zero-order chi connectivity index (χ0) is 25.7. The number of fused-ring (bicyclic) bond motifs is 1. The van der Waals surface area contributed by atoms with Crippen LogP contribution in [0.25, 0.3) is 0 Å². The van der Waals surface area contributed by atoms with Crippen LogP contribution in [0.1, 0.15) is 17.5 Å². The van der Waals surface area contributed by atoms with Gasteiger partial charge in [-0.25, -0.2) is 14.3 Å². The van der Waals surface area contributed by atoms with Crippen LogP contribution >= 0.6 is 39.5 Å². The summed E-state index contributed by atoms with van der Waals surface area (Å²) in [5, 5.41) is 20.6. The summed E-state index contributed by atoms with van der Waals surface area (Å²) < 4.78 is 6.32. The number of ketones is 1. The number of hydrogen-bond acceptors (Lipinski definition) is 12. The van der Waals surface area contributed by atoms with Crippen molar-refractivity contribution in [2.24, 2.45) is 12.2 Å². The Morgan fingerprint density at radius 3 is 2.77 bits per heavy atom. The highest BCUT2D eigenvalue weighted by atomic mass is 79.9. The summed E-state index contributed by atoms with van der Waals surface area (Å²) >= 11 is 5.70. The number of aliphatic carboxylic acids is 1. The Kier molecular flexibility index (Phi) is 9.32. The molecule has 1 fully saturated rings. The van der Waals surface area contributed by atoms with Crippen molar-refractivity contribution in [3.05, 3.63) is 17.1 Å². The molecule has 2 atom stereocenters. The molecule has 1 saturated heterocycles. The van der Waals surface area contributed by atoms with Crippen LogP contribution in [0.4, 0.5) is 0 Å². The Labute approximate surface area is 217 Å². The molecule has 13 nitrogen and oxygen atoms in total. The first-order valence-electron chi connectivity index (χ1n) is 10.3. The number of aryl methyl sites for hydroxylation is 1. The number of carboxylic acids is 1. The van der Waals surface area contributed by atoms with Crippen molar-refractivity contribution in [3.63, 3.8) is 0 Å². The molecule has 35 heavy (non-hydrogen) atoms. The third kappa shape index (κ3) is 5.87. The molecule has 1 aromatic rings. The van der Waals surface area contributed by atoms with Gasteiger partial charge in [0.15, 0.2) is 10.9 Å². The number of nitrogens with one attached hydrogen (secondary N) is 1. The largest absolute Gasteiger partial charge is 0.477 e. The summed E-state index contributed by atoms with van der Waals surface area (Å²) in [7, 11) is 2.93. The lowest BCUT2D eigenvalue weighted by atomic mass is 10.0. The molecule has 3 rings (SSSR count). The number of nitrogens with zero attached hydrogens (tertiary/aromatic N) is 5. The highest BCUT2D eigenvalue weighted by Crippen LogP contribution is 2.41. The standard InChI is InChI=1S/C19H23BrN6O7S2/c1-4-33-18(31)14-22-19(25(2)23-14)35-8-9-7-34-16-12(15(28)26(16)13(9)17(29)30)21-6-10(24-32-3)11(27)5-20/h12,16,21H,4-8H2,1-3H3,(H,29,30)/b24-10-/t12-,16-/m1/s1. The van der Waals surface area contributed by atoms with Gasteiger partial charge in [0, 0.05) is 25.1 Å². The van der Waals surface area contributed by atoms with Crippen LogP contribution in [0.5, 0.6) is 0 Å². The molecule has 0 aromatic carbocycles. The van der Waals surface area contributed by atoms with E-state index in [1.807, 2.05) is 0 Å². The molecule has 3 heterocycles. The Morgan fingerprint density at radius 2 is 2.14 bits per heavy atom. The van der Waals surface area contributed by atoms with Gasteiger partial charge in [0.2, 0.25) is 5.91 Å². The molecule has 0 unspecified atom stereocenters. The first-order chi connectivity index (χ1) is 16.7. The number of halogens is 1. The number of carbonyl (C=O) groups is 4. The number of thioether (sulfide) groups is 2. The van der Waals surface area contributed by atoms with E-state index in [0.29, 0.717) is 16.5 Å². The van der Waals surface area contributed by atoms with Crippen LogP contribution in [0.15, 0.2) is 21.6 Å². The number of oxime groups is 1. The summed E-state index contributed by atoms with van der Waals surface area (Å²) in [6.45, 7) is 1.87. The summed E-state index contributed by atoms with van der Waals surface area (Å²) in [5.41, 5.74) is 0.597. The second-order valence-corrected chi connectivity index (χ2v) is 9.76. The number of β-lactam (4-membered cyclic amide) rings is 1. The van der Waals surface area contributed by atoms with Gasteiger partial charge in [0.05, 0.1) is 11.9 Å².